The number of benzene rings is 1. The van der Waals surface area contributed by atoms with Crippen LogP contribution in [0.25, 0.3) is 0 Å². The minimum atomic E-state index is -0.415. The van der Waals surface area contributed by atoms with E-state index in [2.05, 4.69) is 31.9 Å². The number of nitrogens with zero attached hydrogens (tertiary/aromatic N) is 1. The average molecular weight is 379 g/mol. The molecule has 18 heavy (non-hydrogen) atoms. The molecule has 0 atom stereocenters. The lowest BCUT2D eigenvalue weighted by atomic mass is 10.2. The van der Waals surface area contributed by atoms with E-state index in [1.165, 1.54) is 4.90 Å². The molecule has 0 bridgehead atoms. The second-order valence-corrected chi connectivity index (χ2v) is 5.36. The van der Waals surface area contributed by atoms with E-state index < -0.39 is 5.97 Å². The van der Waals surface area contributed by atoms with Gasteiger partial charge in [0.15, 0.2) is 0 Å². The number of hydrogen-bond donors (Lipinski definition) is 0. The fourth-order valence-electron chi connectivity index (χ4n) is 1.34. The van der Waals surface area contributed by atoms with Crippen LogP contribution in [-0.4, -0.2) is 37.0 Å². The van der Waals surface area contributed by atoms with Crippen LogP contribution in [0, 0.1) is 0 Å². The molecular weight excluding hydrogens is 366 g/mol. The van der Waals surface area contributed by atoms with Gasteiger partial charge in [0.25, 0.3) is 5.91 Å². The topological polar surface area (TPSA) is 46.6 Å². The van der Waals surface area contributed by atoms with Crippen LogP contribution in [0.5, 0.6) is 0 Å². The third kappa shape index (κ3) is 4.10. The van der Waals surface area contributed by atoms with Gasteiger partial charge < -0.3 is 9.64 Å². The number of rotatable bonds is 4. The van der Waals surface area contributed by atoms with Gasteiger partial charge >= 0.3 is 5.97 Å². The molecule has 0 aliphatic heterocycles. The molecule has 98 valence electrons. The van der Waals surface area contributed by atoms with Crippen LogP contribution in [0.15, 0.2) is 27.1 Å². The number of hydrogen-bond acceptors (Lipinski definition) is 3. The Morgan fingerprint density at radius 2 is 2.00 bits per heavy atom. The maximum atomic E-state index is 12.1. The SMILES string of the molecule is CCOC(=O)CN(C)C(=O)c1ccc(Br)cc1Br. The van der Waals surface area contributed by atoms with Gasteiger partial charge in [0, 0.05) is 16.0 Å². The summed E-state index contributed by atoms with van der Waals surface area (Å²) in [6.45, 7) is 1.98. The summed E-state index contributed by atoms with van der Waals surface area (Å²) in [7, 11) is 1.56. The first-order valence-electron chi connectivity index (χ1n) is 5.31. The van der Waals surface area contributed by atoms with Crippen LogP contribution in [0.2, 0.25) is 0 Å². The minimum Gasteiger partial charge on any atom is -0.465 e. The van der Waals surface area contributed by atoms with Crippen molar-refractivity contribution in [1.82, 2.24) is 4.90 Å². The highest BCUT2D eigenvalue weighted by Crippen LogP contribution is 2.22. The highest BCUT2D eigenvalue weighted by atomic mass is 79.9. The van der Waals surface area contributed by atoms with Crippen LogP contribution < -0.4 is 0 Å². The lowest BCUT2D eigenvalue weighted by Gasteiger charge is -2.17. The second-order valence-electron chi connectivity index (χ2n) is 3.59. The van der Waals surface area contributed by atoms with Crippen LogP contribution in [0.4, 0.5) is 0 Å². The van der Waals surface area contributed by atoms with Gasteiger partial charge in [-0.2, -0.15) is 0 Å². The molecule has 0 aliphatic rings. The predicted molar refractivity (Wildman–Crippen MR) is 75.4 cm³/mol. The number of amides is 1. The second kappa shape index (κ2) is 6.89. The van der Waals surface area contributed by atoms with Gasteiger partial charge in [0.1, 0.15) is 6.54 Å². The van der Waals surface area contributed by atoms with Gasteiger partial charge in [-0.05, 0) is 41.1 Å². The van der Waals surface area contributed by atoms with Crippen molar-refractivity contribution in [2.24, 2.45) is 0 Å². The van der Waals surface area contributed by atoms with Gasteiger partial charge in [-0.3, -0.25) is 9.59 Å². The minimum absolute atomic E-state index is 0.0603. The molecule has 1 rings (SSSR count). The lowest BCUT2D eigenvalue weighted by molar-refractivity contribution is -0.143. The molecule has 0 N–H and O–H groups in total. The molecule has 0 aliphatic carbocycles. The summed E-state index contributed by atoms with van der Waals surface area (Å²) in [5.41, 5.74) is 0.505. The standard InChI is InChI=1S/C12H13Br2NO3/c1-3-18-11(16)7-15(2)12(17)9-5-4-8(13)6-10(9)14/h4-6H,3,7H2,1-2H3. The van der Waals surface area contributed by atoms with Gasteiger partial charge in [0.05, 0.1) is 12.2 Å². The highest BCUT2D eigenvalue weighted by molar-refractivity contribution is 9.11. The van der Waals surface area contributed by atoms with Crippen molar-refractivity contribution in [3.63, 3.8) is 0 Å². The van der Waals surface area contributed by atoms with Crippen LogP contribution in [0.3, 0.4) is 0 Å². The molecule has 0 aromatic heterocycles. The van der Waals surface area contributed by atoms with E-state index in [1.807, 2.05) is 0 Å². The van der Waals surface area contributed by atoms with Crippen molar-refractivity contribution in [2.75, 3.05) is 20.2 Å². The van der Waals surface area contributed by atoms with Crippen molar-refractivity contribution in [3.8, 4) is 0 Å². The number of carbonyl (C=O) groups excluding carboxylic acids is 2. The van der Waals surface area contributed by atoms with Gasteiger partial charge in [0.2, 0.25) is 0 Å². The molecule has 0 spiro atoms. The number of carbonyl (C=O) groups is 2. The number of esters is 1. The van der Waals surface area contributed by atoms with Gasteiger partial charge in [-0.1, -0.05) is 15.9 Å². The van der Waals surface area contributed by atoms with E-state index in [-0.39, 0.29) is 12.5 Å². The Kier molecular flexibility index (Phi) is 5.81. The van der Waals surface area contributed by atoms with Gasteiger partial charge in [-0.15, -0.1) is 0 Å². The molecular formula is C12H13Br2NO3. The maximum Gasteiger partial charge on any atom is 0.325 e. The monoisotopic (exact) mass is 377 g/mol. The summed E-state index contributed by atoms with van der Waals surface area (Å²) in [6, 6.07) is 5.25. The summed E-state index contributed by atoms with van der Waals surface area (Å²) in [6.07, 6.45) is 0. The summed E-state index contributed by atoms with van der Waals surface area (Å²) in [4.78, 5) is 24.7. The van der Waals surface area contributed by atoms with Crippen molar-refractivity contribution < 1.29 is 14.3 Å². The van der Waals surface area contributed by atoms with Crippen molar-refractivity contribution in [1.29, 1.82) is 0 Å². The van der Waals surface area contributed by atoms with E-state index in [4.69, 9.17) is 4.74 Å². The summed E-state index contributed by atoms with van der Waals surface area (Å²) < 4.78 is 6.35. The molecule has 1 aromatic carbocycles. The van der Waals surface area contributed by atoms with E-state index in [1.54, 1.807) is 32.2 Å². The first-order valence-corrected chi connectivity index (χ1v) is 6.90. The Morgan fingerprint density at radius 1 is 1.33 bits per heavy atom. The number of likely N-dealkylation sites (N-methyl/N-ethyl adjacent to an activating group) is 1. The molecule has 4 nitrogen and oxygen atoms in total. The molecule has 6 heteroatoms. The van der Waals surface area contributed by atoms with Crippen LogP contribution in [0.1, 0.15) is 17.3 Å². The summed E-state index contributed by atoms with van der Waals surface area (Å²) in [5, 5.41) is 0. The molecule has 0 saturated carbocycles. The molecule has 0 radical (unpaired) electrons. The lowest BCUT2D eigenvalue weighted by Crippen LogP contribution is -2.33. The zero-order valence-electron chi connectivity index (χ0n) is 10.1. The van der Waals surface area contributed by atoms with E-state index in [0.717, 1.165) is 4.47 Å². The van der Waals surface area contributed by atoms with Crippen LogP contribution >= 0.6 is 31.9 Å². The fraction of sp³-hybridized carbons (Fsp3) is 0.333. The summed E-state index contributed by atoms with van der Waals surface area (Å²) in [5.74, 6) is -0.649. The van der Waals surface area contributed by atoms with Crippen LogP contribution in [-0.2, 0) is 9.53 Å². The van der Waals surface area contributed by atoms with Crippen molar-refractivity contribution >= 4 is 43.7 Å². The molecule has 1 aromatic rings. The van der Waals surface area contributed by atoms with Crippen molar-refractivity contribution in [3.05, 3.63) is 32.7 Å². The predicted octanol–water partition coefficient (Wildman–Crippen LogP) is 2.85. The fourth-order valence-corrected chi connectivity index (χ4v) is 2.56. The molecule has 0 heterocycles. The summed E-state index contributed by atoms with van der Waals surface area (Å²) >= 11 is 6.63. The van der Waals surface area contributed by atoms with Crippen molar-refractivity contribution in [2.45, 2.75) is 6.92 Å². The van der Waals surface area contributed by atoms with E-state index in [0.29, 0.717) is 16.6 Å². The molecule has 0 unspecified atom stereocenters. The third-order valence-corrected chi connectivity index (χ3v) is 3.33. The van der Waals surface area contributed by atoms with E-state index in [9.17, 15) is 9.59 Å². The average Bonchev–Trinajstić information content (AvgIpc) is 2.28. The molecule has 0 fully saturated rings. The first kappa shape index (κ1) is 15.2. The number of ether oxygens (including phenoxy) is 1. The molecule has 1 amide bonds. The zero-order chi connectivity index (χ0) is 13.7. The Bertz CT molecular complexity index is 463. The molecule has 0 saturated heterocycles. The Labute approximate surface area is 123 Å². The maximum absolute atomic E-state index is 12.1. The Hall–Kier alpha value is -0.880. The Morgan fingerprint density at radius 3 is 2.56 bits per heavy atom. The highest BCUT2D eigenvalue weighted by Gasteiger charge is 2.17. The third-order valence-electron chi connectivity index (χ3n) is 2.18. The largest absolute Gasteiger partial charge is 0.465 e. The normalized spacial score (nSPS) is 10.0. The van der Waals surface area contributed by atoms with Gasteiger partial charge in [-0.25, -0.2) is 0 Å². The first-order chi connectivity index (χ1) is 8.45. The smallest absolute Gasteiger partial charge is 0.325 e. The Balaban J connectivity index is 2.77. The quantitative estimate of drug-likeness (QED) is 0.757. The van der Waals surface area contributed by atoms with E-state index >= 15 is 0 Å². The zero-order valence-corrected chi connectivity index (χ0v) is 13.2. The number of halogens is 2.